The van der Waals surface area contributed by atoms with Gasteiger partial charge in [-0.1, -0.05) is 96.7 Å². The predicted octanol–water partition coefficient (Wildman–Crippen LogP) is 4.17. The molecule has 1 aliphatic carbocycles. The largest absolute Gasteiger partial charge is 1.00 e. The Balaban J connectivity index is 0.000000350. The number of fused-ring (bicyclic) bond motifs is 3. The Morgan fingerprint density at radius 2 is 1.23 bits per heavy atom. The van der Waals surface area contributed by atoms with Crippen molar-refractivity contribution in [2.24, 2.45) is 5.92 Å². The molecule has 0 bridgehead atoms. The van der Waals surface area contributed by atoms with Gasteiger partial charge in [-0.25, -0.2) is 11.1 Å². The van der Waals surface area contributed by atoms with Crippen LogP contribution in [0.4, 0.5) is 4.39 Å². The number of rotatable bonds is 1. The van der Waals surface area contributed by atoms with Crippen LogP contribution in [0.2, 0.25) is 0 Å². The molecule has 1 aliphatic rings. The molecule has 5 rings (SSSR count). The van der Waals surface area contributed by atoms with Crippen LogP contribution in [0, 0.1) is 17.8 Å². The van der Waals surface area contributed by atoms with Crippen LogP contribution in [-0.2, 0) is 35.1 Å². The van der Waals surface area contributed by atoms with Gasteiger partial charge in [0.2, 0.25) is 0 Å². The maximum Gasteiger partial charge on any atom is -1.00 e. The molecule has 4 aromatic rings. The first-order chi connectivity index (χ1) is 17.7. The molecular formula is C36H41Cl2FZr-2. The van der Waals surface area contributed by atoms with Gasteiger partial charge in [-0.05, 0) is 10.8 Å². The van der Waals surface area contributed by atoms with Crippen molar-refractivity contribution in [3.63, 3.8) is 0 Å². The minimum Gasteiger partial charge on any atom is -1.00 e. The summed E-state index contributed by atoms with van der Waals surface area (Å²) in [6.45, 7) is 20.1. The third kappa shape index (κ3) is 9.68. The molecule has 0 N–H and O–H groups in total. The summed E-state index contributed by atoms with van der Waals surface area (Å²) in [5.74, 6) is 0.381. The van der Waals surface area contributed by atoms with Crippen molar-refractivity contribution in [3.05, 3.63) is 113 Å². The van der Waals surface area contributed by atoms with Gasteiger partial charge in [0.05, 0.1) is 0 Å². The van der Waals surface area contributed by atoms with Gasteiger partial charge in [0.1, 0.15) is 0 Å². The Morgan fingerprint density at radius 1 is 0.775 bits per heavy atom. The molecule has 0 amide bonds. The molecule has 0 spiro atoms. The van der Waals surface area contributed by atoms with Crippen LogP contribution in [0.25, 0.3) is 21.5 Å². The average molecular weight is 655 g/mol. The minimum atomic E-state index is -0.170. The summed E-state index contributed by atoms with van der Waals surface area (Å²) in [4.78, 5) is 0. The normalized spacial score (nSPS) is 14.6. The Labute approximate surface area is 268 Å². The Kier molecular flexibility index (Phi) is 13.6. The second-order valence-corrected chi connectivity index (χ2v) is 13.1. The van der Waals surface area contributed by atoms with Gasteiger partial charge < -0.3 is 24.8 Å². The summed E-state index contributed by atoms with van der Waals surface area (Å²) in [6.07, 6.45) is 5.52. The monoisotopic (exact) mass is 652 g/mol. The van der Waals surface area contributed by atoms with E-state index in [1.54, 1.807) is 12.1 Å². The Morgan fingerprint density at radius 3 is 1.52 bits per heavy atom. The summed E-state index contributed by atoms with van der Waals surface area (Å²) in [5, 5.41) is 5.49. The third-order valence-corrected chi connectivity index (χ3v) is 7.83. The summed E-state index contributed by atoms with van der Waals surface area (Å²) in [5.41, 5.74) is 7.00. The fourth-order valence-electron chi connectivity index (χ4n) is 4.49. The first kappa shape index (κ1) is 36.3. The Bertz CT molecular complexity index is 1390. The fraction of sp³-hybridized carbons (Fsp3) is 0.333. The number of hydrogen-bond acceptors (Lipinski definition) is 0. The number of allylic oxidation sites excluding steroid dienone is 4. The summed E-state index contributed by atoms with van der Waals surface area (Å²) >= 11 is 1.34. The smallest absolute Gasteiger partial charge is 1.00 e. The average Bonchev–Trinajstić information content (AvgIpc) is 3.35. The van der Waals surface area contributed by atoms with Gasteiger partial charge in [-0.15, -0.1) is 46.7 Å². The molecule has 1 atom stereocenters. The maximum atomic E-state index is 12.2. The van der Waals surface area contributed by atoms with E-state index in [0.717, 1.165) is 5.56 Å². The van der Waals surface area contributed by atoms with Crippen molar-refractivity contribution < 1.29 is 53.4 Å². The molecule has 4 aromatic carbocycles. The van der Waals surface area contributed by atoms with E-state index in [1.165, 1.54) is 80.2 Å². The van der Waals surface area contributed by atoms with Crippen LogP contribution in [0.3, 0.4) is 0 Å². The standard InChI is InChI=1S/C21H25.C8H11.C7H5F.2ClH.Zr/c1-20(2,3)16-9-7-14-11-15-8-10-17(21(4,5)6)13-19(15)18(14)12-16;1-6-4-7(2)8(3)5-6;1-6-2-4-7(8)5-3-6;;;/h7-13H,1-6H3;4,6H,1-3H3;1-5H;2*1H;/q2*-1;;;;+2/p-2. The van der Waals surface area contributed by atoms with Gasteiger partial charge in [-0.3, -0.25) is 6.08 Å². The van der Waals surface area contributed by atoms with Crippen LogP contribution in [0.5, 0.6) is 0 Å². The third-order valence-electron chi connectivity index (χ3n) is 7.01. The molecule has 0 saturated carbocycles. The molecule has 0 aromatic heterocycles. The first-order valence-electron chi connectivity index (χ1n) is 13.4. The quantitative estimate of drug-likeness (QED) is 0.271. The Hall–Kier alpha value is -1.73. The van der Waals surface area contributed by atoms with E-state index in [-0.39, 0.29) is 41.5 Å². The van der Waals surface area contributed by atoms with Crippen LogP contribution >= 0.6 is 0 Å². The van der Waals surface area contributed by atoms with Gasteiger partial charge in [0.15, 0.2) is 0 Å². The van der Waals surface area contributed by atoms with Crippen molar-refractivity contribution in [3.8, 4) is 0 Å². The van der Waals surface area contributed by atoms with Crippen LogP contribution < -0.4 is 24.8 Å². The molecule has 1 unspecified atom stereocenters. The minimum absolute atomic E-state index is 0. The maximum absolute atomic E-state index is 12.2. The van der Waals surface area contributed by atoms with E-state index in [4.69, 9.17) is 0 Å². The van der Waals surface area contributed by atoms with Crippen molar-refractivity contribution >= 4 is 25.3 Å². The van der Waals surface area contributed by atoms with Gasteiger partial charge in [0.25, 0.3) is 0 Å². The van der Waals surface area contributed by atoms with Crippen molar-refractivity contribution in [2.75, 3.05) is 0 Å². The summed E-state index contributed by atoms with van der Waals surface area (Å²) in [7, 11) is 0. The second kappa shape index (κ2) is 15.0. The van der Waals surface area contributed by atoms with E-state index in [1.807, 2.05) is 3.71 Å². The fourth-order valence-corrected chi connectivity index (χ4v) is 4.96. The SMILES string of the molecule is CC(C)(C)c1ccc2[cH-]c3ccc(C(C)(C)C)cc3c2c1.CC1=[C-]C(C)C=C1C.Fc1ccc([CH]=[Zr+2])cc1.[Cl-].[Cl-]. The van der Waals surface area contributed by atoms with Gasteiger partial charge in [0, 0.05) is 0 Å². The van der Waals surface area contributed by atoms with E-state index >= 15 is 0 Å². The van der Waals surface area contributed by atoms with E-state index in [0.29, 0.717) is 5.92 Å². The zero-order chi connectivity index (χ0) is 28.3. The van der Waals surface area contributed by atoms with Gasteiger partial charge >= 0.3 is 68.0 Å². The van der Waals surface area contributed by atoms with Crippen molar-refractivity contribution in [1.82, 2.24) is 0 Å². The predicted molar refractivity (Wildman–Crippen MR) is 161 cm³/mol. The van der Waals surface area contributed by atoms with Crippen molar-refractivity contribution in [2.45, 2.75) is 73.1 Å². The first-order valence-corrected chi connectivity index (χ1v) is 14.8. The van der Waals surface area contributed by atoms with Gasteiger partial charge in [-0.2, -0.15) is 6.08 Å². The molecule has 0 aliphatic heterocycles. The zero-order valence-electron chi connectivity index (χ0n) is 25.2. The van der Waals surface area contributed by atoms with Crippen molar-refractivity contribution in [1.29, 1.82) is 0 Å². The molecule has 4 heteroatoms. The summed E-state index contributed by atoms with van der Waals surface area (Å²) in [6, 6.07) is 22.6. The molecule has 212 valence electrons. The molecule has 0 heterocycles. The van der Waals surface area contributed by atoms with E-state index in [9.17, 15) is 4.39 Å². The molecule has 40 heavy (non-hydrogen) atoms. The number of halogens is 3. The van der Waals surface area contributed by atoms with Crippen LogP contribution in [-0.4, -0.2) is 3.71 Å². The molecule has 0 fully saturated rings. The molecule has 0 radical (unpaired) electrons. The zero-order valence-corrected chi connectivity index (χ0v) is 29.2. The summed E-state index contributed by atoms with van der Waals surface area (Å²) < 4.78 is 14.2. The number of hydrogen-bond donors (Lipinski definition) is 0. The topological polar surface area (TPSA) is 0 Å². The van der Waals surface area contributed by atoms with E-state index in [2.05, 4.69) is 117 Å². The van der Waals surface area contributed by atoms with Crippen LogP contribution in [0.15, 0.2) is 84.0 Å². The number of benzene rings is 3. The van der Waals surface area contributed by atoms with Crippen LogP contribution in [0.1, 0.15) is 79.0 Å². The molecule has 0 saturated heterocycles. The molecular weight excluding hydrogens is 614 g/mol. The van der Waals surface area contributed by atoms with E-state index < -0.39 is 0 Å². The molecule has 0 nitrogen and oxygen atoms in total. The second-order valence-electron chi connectivity index (χ2n) is 12.4.